The van der Waals surface area contributed by atoms with Crippen LogP contribution in [0.1, 0.15) is 56.9 Å². The Kier molecular flexibility index (Phi) is 6.83. The Hall–Kier alpha value is -6.04. The van der Waals surface area contributed by atoms with Gasteiger partial charge in [-0.3, -0.25) is 0 Å². The normalized spacial score (nSPS) is 15.1. The Labute approximate surface area is 301 Å². The highest BCUT2D eigenvalue weighted by Crippen LogP contribution is 2.53. The van der Waals surface area contributed by atoms with E-state index in [1.54, 1.807) is 0 Å². The largest absolute Gasteiger partial charge is 0.310 e. The van der Waals surface area contributed by atoms with Crippen LogP contribution in [0, 0.1) is 12.3 Å². The number of terminal acetylenes is 1. The summed E-state index contributed by atoms with van der Waals surface area (Å²) < 4.78 is 2.23. The molecule has 2 aliphatic carbocycles. The monoisotopic (exact) mass is 656 g/mol. The topological polar surface area (TPSA) is 8.17 Å². The first-order chi connectivity index (χ1) is 24.7. The summed E-state index contributed by atoms with van der Waals surface area (Å²) in [6, 6.07) is 47.2. The zero-order chi connectivity index (χ0) is 35.1. The van der Waals surface area contributed by atoms with E-state index >= 15 is 0 Å². The van der Waals surface area contributed by atoms with Crippen LogP contribution in [-0.4, -0.2) is 4.57 Å². The van der Waals surface area contributed by atoms with Crippen molar-refractivity contribution in [2.75, 3.05) is 4.90 Å². The van der Waals surface area contributed by atoms with Crippen molar-refractivity contribution < 1.29 is 0 Å². The molecule has 0 N–H and O–H groups in total. The zero-order valence-corrected chi connectivity index (χ0v) is 29.8. The lowest BCUT2D eigenvalue weighted by atomic mass is 9.82. The molecule has 0 fully saturated rings. The van der Waals surface area contributed by atoms with Crippen LogP contribution in [-0.2, 0) is 10.8 Å². The van der Waals surface area contributed by atoms with Gasteiger partial charge < -0.3 is 9.47 Å². The first-order valence-electron chi connectivity index (χ1n) is 17.9. The minimum atomic E-state index is -0.0666. The second-order valence-electron chi connectivity index (χ2n) is 14.9. The molecule has 0 saturated carbocycles. The molecule has 0 spiro atoms. The Morgan fingerprint density at radius 2 is 1.06 bits per heavy atom. The van der Waals surface area contributed by atoms with Crippen LogP contribution in [0.3, 0.4) is 0 Å². The highest BCUT2D eigenvalue weighted by Gasteiger charge is 2.37. The third kappa shape index (κ3) is 4.44. The lowest BCUT2D eigenvalue weighted by molar-refractivity contribution is 0.660. The lowest BCUT2D eigenvalue weighted by Crippen LogP contribution is -2.16. The van der Waals surface area contributed by atoms with Crippen LogP contribution in [0.2, 0.25) is 0 Å². The number of allylic oxidation sites excluding steroid dienone is 4. The molecule has 0 unspecified atom stereocenters. The standard InChI is InChI=1S/C49H40N2/c1-7-9-16-32(8-2)51-46-22-15-12-19-38(46)39-26-23-35(31-47(39)51)50(33-24-27-44-40(29-33)36-17-10-13-20-42(36)48(44,3)4)34-25-28-45-41(30-34)37-18-11-14-21-43(37)49(45,5)6/h2,7,9-31H,1,3-6H3/b9-7-,32-16+. The average molecular weight is 657 g/mol. The van der Waals surface area contributed by atoms with Crippen molar-refractivity contribution in [2.45, 2.75) is 45.4 Å². The van der Waals surface area contributed by atoms with E-state index in [1.165, 1.54) is 55.3 Å². The number of nitrogens with zero attached hydrogens (tertiary/aromatic N) is 2. The third-order valence-electron chi connectivity index (χ3n) is 11.4. The summed E-state index contributed by atoms with van der Waals surface area (Å²) in [6.45, 7) is 11.4. The Bertz CT molecular complexity index is 2560. The van der Waals surface area contributed by atoms with Crippen LogP contribution < -0.4 is 4.90 Å². The van der Waals surface area contributed by atoms with E-state index in [-0.39, 0.29) is 10.8 Å². The predicted octanol–water partition coefficient (Wildman–Crippen LogP) is 12.9. The van der Waals surface area contributed by atoms with Crippen LogP contribution in [0.25, 0.3) is 49.8 Å². The molecule has 0 amide bonds. The molecule has 51 heavy (non-hydrogen) atoms. The molecule has 0 atom stereocenters. The molecular formula is C49H40N2. The van der Waals surface area contributed by atoms with Gasteiger partial charge in [-0.25, -0.2) is 0 Å². The molecule has 9 rings (SSSR count). The summed E-state index contributed by atoms with van der Waals surface area (Å²) in [5, 5.41) is 2.35. The first-order valence-corrected chi connectivity index (χ1v) is 17.9. The Balaban J connectivity index is 1.32. The number of para-hydroxylation sites is 1. The maximum atomic E-state index is 6.21. The number of anilines is 3. The maximum Gasteiger partial charge on any atom is 0.0967 e. The van der Waals surface area contributed by atoms with Gasteiger partial charge in [0.15, 0.2) is 0 Å². The third-order valence-corrected chi connectivity index (χ3v) is 11.4. The second kappa shape index (κ2) is 11.2. The molecule has 2 aliphatic rings. The van der Waals surface area contributed by atoms with Gasteiger partial charge in [-0.2, -0.15) is 0 Å². The van der Waals surface area contributed by atoms with Crippen LogP contribution in [0.4, 0.5) is 17.1 Å². The van der Waals surface area contributed by atoms with Gasteiger partial charge in [0.1, 0.15) is 0 Å². The van der Waals surface area contributed by atoms with E-state index in [2.05, 4.69) is 170 Å². The van der Waals surface area contributed by atoms with Crippen LogP contribution >= 0.6 is 0 Å². The van der Waals surface area contributed by atoms with Crippen molar-refractivity contribution in [3.8, 4) is 34.6 Å². The molecule has 1 aromatic heterocycles. The molecule has 0 radical (unpaired) electrons. The summed E-state index contributed by atoms with van der Waals surface area (Å²) >= 11 is 0. The van der Waals surface area contributed by atoms with Gasteiger partial charge >= 0.3 is 0 Å². The van der Waals surface area contributed by atoms with Crippen molar-refractivity contribution in [3.63, 3.8) is 0 Å². The van der Waals surface area contributed by atoms with E-state index in [0.29, 0.717) is 0 Å². The number of aromatic nitrogens is 1. The number of benzene rings is 6. The Morgan fingerprint density at radius 3 is 1.65 bits per heavy atom. The van der Waals surface area contributed by atoms with Gasteiger partial charge in [0, 0.05) is 38.7 Å². The quantitative estimate of drug-likeness (QED) is 0.132. The summed E-state index contributed by atoms with van der Waals surface area (Å²) in [5.41, 5.74) is 16.8. The van der Waals surface area contributed by atoms with Gasteiger partial charge in [0.25, 0.3) is 0 Å². The van der Waals surface area contributed by atoms with Gasteiger partial charge in [-0.15, -0.1) is 6.42 Å². The van der Waals surface area contributed by atoms with Gasteiger partial charge in [-0.1, -0.05) is 131 Å². The summed E-state index contributed by atoms with van der Waals surface area (Å²) in [6.07, 6.45) is 12.3. The average Bonchev–Trinajstić information content (AvgIpc) is 3.69. The molecule has 2 nitrogen and oxygen atoms in total. The van der Waals surface area contributed by atoms with Crippen molar-refractivity contribution in [1.82, 2.24) is 4.57 Å². The predicted molar refractivity (Wildman–Crippen MR) is 217 cm³/mol. The highest BCUT2D eigenvalue weighted by atomic mass is 15.1. The van der Waals surface area contributed by atoms with E-state index in [0.717, 1.165) is 33.8 Å². The zero-order valence-electron chi connectivity index (χ0n) is 29.8. The van der Waals surface area contributed by atoms with Crippen molar-refractivity contribution in [2.24, 2.45) is 0 Å². The number of hydrogen-bond acceptors (Lipinski definition) is 1. The maximum absolute atomic E-state index is 6.21. The molecule has 0 aliphatic heterocycles. The molecule has 6 aromatic carbocycles. The molecule has 7 aromatic rings. The molecular weight excluding hydrogens is 617 g/mol. The summed E-state index contributed by atoms with van der Waals surface area (Å²) in [7, 11) is 0. The Morgan fingerprint density at radius 1 is 0.569 bits per heavy atom. The van der Waals surface area contributed by atoms with Crippen LogP contribution in [0.5, 0.6) is 0 Å². The van der Waals surface area contributed by atoms with Crippen molar-refractivity contribution in [1.29, 1.82) is 0 Å². The highest BCUT2D eigenvalue weighted by molar-refractivity contribution is 6.12. The second-order valence-corrected chi connectivity index (χ2v) is 14.9. The van der Waals surface area contributed by atoms with E-state index in [1.807, 2.05) is 25.2 Å². The smallest absolute Gasteiger partial charge is 0.0967 e. The first kappa shape index (κ1) is 31.0. The van der Waals surface area contributed by atoms with Gasteiger partial charge in [0.05, 0.1) is 16.7 Å². The molecule has 0 bridgehead atoms. The van der Waals surface area contributed by atoms with Crippen LogP contribution in [0.15, 0.2) is 146 Å². The number of rotatable bonds is 5. The van der Waals surface area contributed by atoms with E-state index in [4.69, 9.17) is 6.42 Å². The fourth-order valence-electron chi connectivity index (χ4n) is 8.87. The summed E-state index contributed by atoms with van der Waals surface area (Å²) in [5.74, 6) is 2.99. The minimum Gasteiger partial charge on any atom is -0.310 e. The van der Waals surface area contributed by atoms with E-state index < -0.39 is 0 Å². The minimum absolute atomic E-state index is 0.0666. The summed E-state index contributed by atoms with van der Waals surface area (Å²) in [4.78, 5) is 2.43. The van der Waals surface area contributed by atoms with Crippen molar-refractivity contribution >= 4 is 44.6 Å². The number of fused-ring (bicyclic) bond motifs is 9. The molecule has 246 valence electrons. The molecule has 1 heterocycles. The fourth-order valence-corrected chi connectivity index (χ4v) is 8.87. The van der Waals surface area contributed by atoms with Gasteiger partial charge in [-0.05, 0) is 100.0 Å². The van der Waals surface area contributed by atoms with Crippen molar-refractivity contribution in [3.05, 3.63) is 168 Å². The molecule has 2 heteroatoms. The SMILES string of the molecule is C#C/C(=C\C=C/C)n1c2ccccc2c2ccc(N(c3ccc4c(c3)-c3ccccc3C4(C)C)c3ccc4c(c3)-c3ccccc3C4(C)C)cc21. The van der Waals surface area contributed by atoms with Gasteiger partial charge in [0.2, 0.25) is 0 Å². The fraction of sp³-hybridized carbons (Fsp3) is 0.143. The number of hydrogen-bond donors (Lipinski definition) is 0. The lowest BCUT2D eigenvalue weighted by Gasteiger charge is -2.28. The molecule has 0 saturated heterocycles. The van der Waals surface area contributed by atoms with E-state index in [9.17, 15) is 0 Å².